The number of aryl methyl sites for hydroxylation is 1. The molecule has 0 aliphatic carbocycles. The lowest BCUT2D eigenvalue weighted by atomic mass is 10.2. The number of anilines is 1. The molecule has 0 bridgehead atoms. The number of halogens is 1. The molecule has 1 aliphatic heterocycles. The zero-order chi connectivity index (χ0) is 18.7. The molecule has 2 N–H and O–H groups in total. The molecule has 7 nitrogen and oxygen atoms in total. The van der Waals surface area contributed by atoms with Crippen molar-refractivity contribution < 1.29 is 9.53 Å². The predicted molar refractivity (Wildman–Crippen MR) is 102 cm³/mol. The van der Waals surface area contributed by atoms with Gasteiger partial charge in [-0.3, -0.25) is 9.36 Å². The van der Waals surface area contributed by atoms with Crippen molar-refractivity contribution in [1.82, 2.24) is 14.8 Å². The molecule has 1 aromatic carbocycles. The molecule has 1 saturated heterocycles. The van der Waals surface area contributed by atoms with Gasteiger partial charge in [0, 0.05) is 17.3 Å². The minimum Gasteiger partial charge on any atom is -0.376 e. The molecule has 1 fully saturated rings. The smallest absolute Gasteiger partial charge is 0.344 e. The van der Waals surface area contributed by atoms with Crippen molar-refractivity contribution in [2.24, 2.45) is 0 Å². The van der Waals surface area contributed by atoms with E-state index in [-0.39, 0.29) is 17.7 Å². The number of nitrogens with one attached hydrogen (secondary N) is 2. The third kappa shape index (κ3) is 4.49. The molecule has 9 heteroatoms. The summed E-state index contributed by atoms with van der Waals surface area (Å²) in [6, 6.07) is 5.34. The number of aromatic nitrogens is 3. The summed E-state index contributed by atoms with van der Waals surface area (Å²) in [5.41, 5.74) is 1.31. The van der Waals surface area contributed by atoms with Crippen molar-refractivity contribution in [1.29, 1.82) is 0 Å². The van der Waals surface area contributed by atoms with Crippen LogP contribution in [-0.2, 0) is 16.1 Å². The van der Waals surface area contributed by atoms with Gasteiger partial charge in [-0.1, -0.05) is 29.4 Å². The highest BCUT2D eigenvalue weighted by molar-refractivity contribution is 8.00. The average molecular weight is 397 g/mol. The molecule has 140 valence electrons. The number of nitrogens with zero attached hydrogens (tertiary/aromatic N) is 2. The number of H-pyrrole nitrogens is 1. The van der Waals surface area contributed by atoms with E-state index < -0.39 is 5.25 Å². The number of hydrogen-bond donors (Lipinski definition) is 2. The van der Waals surface area contributed by atoms with Crippen LogP contribution in [0.5, 0.6) is 0 Å². The van der Waals surface area contributed by atoms with E-state index in [9.17, 15) is 9.59 Å². The van der Waals surface area contributed by atoms with Crippen molar-refractivity contribution in [3.05, 3.63) is 39.3 Å². The van der Waals surface area contributed by atoms with Crippen LogP contribution >= 0.6 is 23.4 Å². The van der Waals surface area contributed by atoms with Crippen LogP contribution in [-0.4, -0.2) is 38.6 Å². The van der Waals surface area contributed by atoms with Gasteiger partial charge in [-0.05, 0) is 44.4 Å². The Morgan fingerprint density at radius 1 is 1.58 bits per heavy atom. The first-order valence-electron chi connectivity index (χ1n) is 8.44. The van der Waals surface area contributed by atoms with Gasteiger partial charge in [-0.15, -0.1) is 5.10 Å². The molecule has 0 unspecified atom stereocenters. The van der Waals surface area contributed by atoms with Gasteiger partial charge >= 0.3 is 5.69 Å². The number of carbonyl (C=O) groups excluding carboxylic acids is 1. The third-order valence-corrected chi connectivity index (χ3v) is 5.57. The Morgan fingerprint density at radius 2 is 2.38 bits per heavy atom. The Hall–Kier alpha value is -1.77. The number of aromatic amines is 1. The Morgan fingerprint density at radius 3 is 3.12 bits per heavy atom. The number of thioether (sulfide) groups is 1. The van der Waals surface area contributed by atoms with Crippen LogP contribution in [0.25, 0.3) is 0 Å². The van der Waals surface area contributed by atoms with E-state index >= 15 is 0 Å². The van der Waals surface area contributed by atoms with Crippen LogP contribution in [0.4, 0.5) is 5.69 Å². The van der Waals surface area contributed by atoms with Crippen LogP contribution < -0.4 is 11.0 Å². The van der Waals surface area contributed by atoms with Crippen molar-refractivity contribution >= 4 is 35.0 Å². The first-order chi connectivity index (χ1) is 12.4. The van der Waals surface area contributed by atoms with Crippen LogP contribution in [0.3, 0.4) is 0 Å². The molecule has 26 heavy (non-hydrogen) atoms. The van der Waals surface area contributed by atoms with E-state index in [4.69, 9.17) is 16.3 Å². The molecule has 0 saturated carbocycles. The van der Waals surface area contributed by atoms with Gasteiger partial charge in [0.05, 0.1) is 17.9 Å². The van der Waals surface area contributed by atoms with Gasteiger partial charge in [0.25, 0.3) is 0 Å². The van der Waals surface area contributed by atoms with Crippen molar-refractivity contribution in [2.45, 2.75) is 49.7 Å². The SMILES string of the molecule is Cc1ccc(Cl)cc1NC(=O)[C@H](C)Sc1n[nH]c(=O)n1C[C@H]1CCCO1. The molecule has 1 amide bonds. The average Bonchev–Trinajstić information content (AvgIpc) is 3.23. The summed E-state index contributed by atoms with van der Waals surface area (Å²) in [7, 11) is 0. The van der Waals surface area contributed by atoms with E-state index in [0.717, 1.165) is 25.0 Å². The second-order valence-electron chi connectivity index (χ2n) is 6.27. The molecule has 2 aromatic rings. The first-order valence-corrected chi connectivity index (χ1v) is 9.70. The molecule has 0 radical (unpaired) electrons. The Bertz CT molecular complexity index is 845. The first kappa shape index (κ1) is 19.0. The van der Waals surface area contributed by atoms with Crippen molar-refractivity contribution in [3.8, 4) is 0 Å². The second kappa shape index (κ2) is 8.28. The second-order valence-corrected chi connectivity index (χ2v) is 8.01. The maximum absolute atomic E-state index is 12.5. The molecule has 0 spiro atoms. The Kier molecular flexibility index (Phi) is 6.05. The van der Waals surface area contributed by atoms with Crippen LogP contribution in [0, 0.1) is 6.92 Å². The molecular weight excluding hydrogens is 376 g/mol. The van der Waals surface area contributed by atoms with E-state index in [1.807, 2.05) is 13.0 Å². The maximum atomic E-state index is 12.5. The van der Waals surface area contributed by atoms with Crippen LogP contribution in [0.15, 0.2) is 28.2 Å². The fraction of sp³-hybridized carbons (Fsp3) is 0.471. The number of hydrogen-bond acceptors (Lipinski definition) is 5. The number of carbonyl (C=O) groups is 1. The van der Waals surface area contributed by atoms with Crippen LogP contribution in [0.2, 0.25) is 5.02 Å². The molecule has 2 atom stereocenters. The monoisotopic (exact) mass is 396 g/mol. The van der Waals surface area contributed by atoms with E-state index in [0.29, 0.717) is 22.4 Å². The summed E-state index contributed by atoms with van der Waals surface area (Å²) in [5, 5.41) is 9.98. The standard InChI is InChI=1S/C17H21ClN4O3S/c1-10-5-6-12(18)8-14(10)19-15(23)11(2)26-17-21-20-16(24)22(17)9-13-4-3-7-25-13/h5-6,8,11,13H,3-4,7,9H2,1-2H3,(H,19,23)(H,20,24)/t11-,13+/m0/s1. The molecule has 3 rings (SSSR count). The van der Waals surface area contributed by atoms with Gasteiger partial charge in [0.1, 0.15) is 0 Å². The highest BCUT2D eigenvalue weighted by Crippen LogP contribution is 2.25. The van der Waals surface area contributed by atoms with Gasteiger partial charge in [-0.25, -0.2) is 9.89 Å². The fourth-order valence-electron chi connectivity index (χ4n) is 2.72. The summed E-state index contributed by atoms with van der Waals surface area (Å²) >= 11 is 7.23. The molecule has 2 heterocycles. The molecule has 1 aliphatic rings. The predicted octanol–water partition coefficient (Wildman–Crippen LogP) is 2.83. The molecule has 1 aromatic heterocycles. The largest absolute Gasteiger partial charge is 0.376 e. The lowest BCUT2D eigenvalue weighted by Crippen LogP contribution is -2.27. The van der Waals surface area contributed by atoms with Gasteiger partial charge in [-0.2, -0.15) is 0 Å². The maximum Gasteiger partial charge on any atom is 0.344 e. The summed E-state index contributed by atoms with van der Waals surface area (Å²) < 4.78 is 7.13. The van der Waals surface area contributed by atoms with E-state index in [1.165, 1.54) is 16.3 Å². The normalized spacial score (nSPS) is 18.0. The zero-order valence-corrected chi connectivity index (χ0v) is 16.2. The topological polar surface area (TPSA) is 89.0 Å². The number of amides is 1. The van der Waals surface area contributed by atoms with Crippen LogP contribution in [0.1, 0.15) is 25.3 Å². The van der Waals surface area contributed by atoms with Gasteiger partial charge in [0.2, 0.25) is 5.91 Å². The summed E-state index contributed by atoms with van der Waals surface area (Å²) in [5.74, 6) is -0.181. The Balaban J connectivity index is 1.67. The summed E-state index contributed by atoms with van der Waals surface area (Å²) in [6.45, 7) is 4.84. The minimum absolute atomic E-state index is 0.0166. The van der Waals surface area contributed by atoms with Crippen molar-refractivity contribution in [3.63, 3.8) is 0 Å². The highest BCUT2D eigenvalue weighted by atomic mass is 35.5. The summed E-state index contributed by atoms with van der Waals surface area (Å²) in [6.07, 6.45) is 1.94. The lowest BCUT2D eigenvalue weighted by Gasteiger charge is -2.15. The number of benzene rings is 1. The minimum atomic E-state index is -0.438. The van der Waals surface area contributed by atoms with Gasteiger partial charge in [0.15, 0.2) is 5.16 Å². The van der Waals surface area contributed by atoms with Crippen molar-refractivity contribution in [2.75, 3.05) is 11.9 Å². The number of rotatable bonds is 6. The van der Waals surface area contributed by atoms with E-state index in [1.54, 1.807) is 19.1 Å². The quantitative estimate of drug-likeness (QED) is 0.733. The zero-order valence-electron chi connectivity index (χ0n) is 14.6. The fourth-order valence-corrected chi connectivity index (χ4v) is 3.76. The van der Waals surface area contributed by atoms with E-state index in [2.05, 4.69) is 15.5 Å². The molecular formula is C17H21ClN4O3S. The number of ether oxygens (including phenoxy) is 1. The lowest BCUT2D eigenvalue weighted by molar-refractivity contribution is -0.115. The highest BCUT2D eigenvalue weighted by Gasteiger charge is 2.23. The third-order valence-electron chi connectivity index (χ3n) is 4.24. The Labute approximate surface area is 160 Å². The van der Waals surface area contributed by atoms with Gasteiger partial charge < -0.3 is 10.1 Å². The summed E-state index contributed by atoms with van der Waals surface area (Å²) in [4.78, 5) is 24.5.